The number of aliphatic hydroxyl groups is 3. The summed E-state index contributed by atoms with van der Waals surface area (Å²) in [5, 5.41) is 33.3. The van der Waals surface area contributed by atoms with Crippen LogP contribution in [0.1, 0.15) is 33.1 Å². The topological polar surface area (TPSA) is 102 Å². The van der Waals surface area contributed by atoms with Crippen molar-refractivity contribution in [1.29, 1.82) is 0 Å². The summed E-state index contributed by atoms with van der Waals surface area (Å²) in [7, 11) is 0. The predicted octanol–water partition coefficient (Wildman–Crippen LogP) is -0.656. The van der Waals surface area contributed by atoms with Gasteiger partial charge in [0.15, 0.2) is 0 Å². The number of carbonyl (C=O) groups excluding carboxylic acids is 1. The van der Waals surface area contributed by atoms with Gasteiger partial charge in [-0.15, -0.1) is 0 Å². The third kappa shape index (κ3) is 8.08. The van der Waals surface area contributed by atoms with Crippen LogP contribution >= 0.6 is 0 Å². The maximum absolute atomic E-state index is 12.3. The van der Waals surface area contributed by atoms with Crippen molar-refractivity contribution in [3.8, 4) is 0 Å². The fourth-order valence-electron chi connectivity index (χ4n) is 2.48. The van der Waals surface area contributed by atoms with Crippen LogP contribution in [0.5, 0.6) is 0 Å². The molecule has 0 spiro atoms. The molecule has 0 aliphatic carbocycles. The van der Waals surface area contributed by atoms with Crippen LogP contribution < -0.4 is 5.32 Å². The van der Waals surface area contributed by atoms with Crippen molar-refractivity contribution in [2.45, 2.75) is 51.4 Å². The van der Waals surface area contributed by atoms with Gasteiger partial charge in [0.25, 0.3) is 0 Å². The second kappa shape index (κ2) is 10.9. The molecule has 1 fully saturated rings. The first-order valence-electron chi connectivity index (χ1n) is 8.52. The number of carbonyl (C=O) groups is 1. The first-order valence-corrected chi connectivity index (χ1v) is 8.52. The van der Waals surface area contributed by atoms with Crippen molar-refractivity contribution < 1.29 is 24.9 Å². The zero-order valence-corrected chi connectivity index (χ0v) is 14.3. The lowest BCUT2D eigenvalue weighted by Gasteiger charge is -2.30. The standard InChI is InChI=1S/C16H32N2O5/c1-12(2)9-15(21)18-7-6-17-5-3-4-8-23-11-14(20)16(22)13(19)10-18/h12-14,16-17,19-20,22H,3-11H2,1-2H3/t13-,14+,16+/m0/s1. The van der Waals surface area contributed by atoms with Gasteiger partial charge in [0.1, 0.15) is 18.3 Å². The summed E-state index contributed by atoms with van der Waals surface area (Å²) >= 11 is 0. The number of aliphatic hydroxyl groups excluding tert-OH is 3. The Kier molecular flexibility index (Phi) is 9.66. The van der Waals surface area contributed by atoms with Gasteiger partial charge >= 0.3 is 0 Å². The molecule has 0 aromatic heterocycles. The second-order valence-corrected chi connectivity index (χ2v) is 6.60. The number of hydrogen-bond donors (Lipinski definition) is 4. The van der Waals surface area contributed by atoms with E-state index in [1.54, 1.807) is 4.90 Å². The lowest BCUT2D eigenvalue weighted by molar-refractivity contribution is -0.137. The van der Waals surface area contributed by atoms with Crippen molar-refractivity contribution in [1.82, 2.24) is 10.2 Å². The highest BCUT2D eigenvalue weighted by atomic mass is 16.5. The highest BCUT2D eigenvalue weighted by molar-refractivity contribution is 5.76. The molecule has 136 valence electrons. The Labute approximate surface area is 138 Å². The Morgan fingerprint density at radius 2 is 1.96 bits per heavy atom. The number of amides is 1. The molecule has 7 nitrogen and oxygen atoms in total. The average Bonchev–Trinajstić information content (AvgIpc) is 2.49. The number of nitrogens with zero attached hydrogens (tertiary/aromatic N) is 1. The van der Waals surface area contributed by atoms with E-state index in [9.17, 15) is 20.1 Å². The van der Waals surface area contributed by atoms with Crippen molar-refractivity contribution in [2.75, 3.05) is 39.4 Å². The lowest BCUT2D eigenvalue weighted by atomic mass is 10.1. The zero-order chi connectivity index (χ0) is 17.2. The van der Waals surface area contributed by atoms with Crippen LogP contribution in [0.4, 0.5) is 0 Å². The normalized spacial score (nSPS) is 29.3. The minimum Gasteiger partial charge on any atom is -0.388 e. The van der Waals surface area contributed by atoms with E-state index in [1.807, 2.05) is 13.8 Å². The molecule has 1 aliphatic heterocycles. The van der Waals surface area contributed by atoms with Gasteiger partial charge in [-0.2, -0.15) is 0 Å². The van der Waals surface area contributed by atoms with Crippen LogP contribution in [0.2, 0.25) is 0 Å². The van der Waals surface area contributed by atoms with Gasteiger partial charge in [-0.1, -0.05) is 13.8 Å². The van der Waals surface area contributed by atoms with Crippen LogP contribution in [-0.2, 0) is 9.53 Å². The van der Waals surface area contributed by atoms with Crippen molar-refractivity contribution in [3.63, 3.8) is 0 Å². The molecule has 0 aromatic rings. The Morgan fingerprint density at radius 1 is 1.22 bits per heavy atom. The minimum atomic E-state index is -1.33. The van der Waals surface area contributed by atoms with E-state index in [4.69, 9.17) is 4.74 Å². The number of β-amino-alcohol motifs (C(OH)–C–C–N with tert-alkyl or cyclic N) is 1. The van der Waals surface area contributed by atoms with Crippen molar-refractivity contribution >= 4 is 5.91 Å². The first-order chi connectivity index (χ1) is 10.9. The Balaban J connectivity index is 2.68. The predicted molar refractivity (Wildman–Crippen MR) is 87.0 cm³/mol. The van der Waals surface area contributed by atoms with Crippen molar-refractivity contribution in [3.05, 3.63) is 0 Å². The van der Waals surface area contributed by atoms with Gasteiger partial charge in [0.05, 0.1) is 6.61 Å². The third-order valence-corrected chi connectivity index (χ3v) is 3.87. The lowest BCUT2D eigenvalue weighted by Crippen LogP contribution is -2.49. The van der Waals surface area contributed by atoms with E-state index >= 15 is 0 Å². The van der Waals surface area contributed by atoms with E-state index in [0.717, 1.165) is 19.4 Å². The zero-order valence-electron chi connectivity index (χ0n) is 14.3. The average molecular weight is 332 g/mol. The number of hydrogen-bond acceptors (Lipinski definition) is 6. The number of nitrogens with one attached hydrogen (secondary N) is 1. The van der Waals surface area contributed by atoms with Crippen LogP contribution in [-0.4, -0.2) is 83.8 Å². The molecule has 1 heterocycles. The molecule has 1 aliphatic rings. The molecule has 23 heavy (non-hydrogen) atoms. The quantitative estimate of drug-likeness (QED) is 0.536. The number of ether oxygens (including phenoxy) is 1. The summed E-state index contributed by atoms with van der Waals surface area (Å²) in [4.78, 5) is 13.9. The molecule has 0 bridgehead atoms. The van der Waals surface area contributed by atoms with E-state index in [0.29, 0.717) is 26.1 Å². The van der Waals surface area contributed by atoms with E-state index in [-0.39, 0.29) is 25.0 Å². The molecular formula is C16H32N2O5. The summed E-state index contributed by atoms with van der Waals surface area (Å²) in [5.74, 6) is 0.176. The van der Waals surface area contributed by atoms with Crippen LogP contribution in [0.3, 0.4) is 0 Å². The minimum absolute atomic E-state index is 0.00542. The maximum Gasteiger partial charge on any atom is 0.222 e. The molecule has 1 rings (SSSR count). The molecule has 1 saturated heterocycles. The van der Waals surface area contributed by atoms with Crippen molar-refractivity contribution in [2.24, 2.45) is 5.92 Å². The molecule has 7 heteroatoms. The largest absolute Gasteiger partial charge is 0.388 e. The summed E-state index contributed by atoms with van der Waals surface area (Å²) in [5.41, 5.74) is 0. The smallest absolute Gasteiger partial charge is 0.222 e. The molecule has 4 N–H and O–H groups in total. The van der Waals surface area contributed by atoms with Crippen LogP contribution in [0.25, 0.3) is 0 Å². The summed E-state index contributed by atoms with van der Waals surface area (Å²) in [6.07, 6.45) is -1.50. The molecule has 3 atom stereocenters. The Morgan fingerprint density at radius 3 is 2.65 bits per heavy atom. The second-order valence-electron chi connectivity index (χ2n) is 6.60. The van der Waals surface area contributed by atoms with Gasteiger partial charge < -0.3 is 30.3 Å². The fourth-order valence-corrected chi connectivity index (χ4v) is 2.48. The fraction of sp³-hybridized carbons (Fsp3) is 0.938. The van der Waals surface area contributed by atoms with Gasteiger partial charge in [-0.25, -0.2) is 0 Å². The summed E-state index contributed by atoms with van der Waals surface area (Å²) in [6.45, 7) is 6.37. The molecular weight excluding hydrogens is 300 g/mol. The highest BCUT2D eigenvalue weighted by Gasteiger charge is 2.28. The molecule has 0 radical (unpaired) electrons. The van der Waals surface area contributed by atoms with Gasteiger partial charge in [-0.05, 0) is 25.3 Å². The SMILES string of the molecule is CC(C)CC(=O)N1CCNCCCCOC[C@@H](O)[C@H](O)[C@@H](O)C1. The maximum atomic E-state index is 12.3. The highest BCUT2D eigenvalue weighted by Crippen LogP contribution is 2.09. The first kappa shape index (κ1) is 20.3. The van der Waals surface area contributed by atoms with E-state index in [1.165, 1.54) is 0 Å². The Bertz CT molecular complexity index is 340. The third-order valence-electron chi connectivity index (χ3n) is 3.87. The van der Waals surface area contributed by atoms with Gasteiger partial charge in [0, 0.05) is 32.7 Å². The summed E-state index contributed by atoms with van der Waals surface area (Å²) in [6, 6.07) is 0. The van der Waals surface area contributed by atoms with E-state index < -0.39 is 18.3 Å². The van der Waals surface area contributed by atoms with Gasteiger partial charge in [0.2, 0.25) is 5.91 Å². The summed E-state index contributed by atoms with van der Waals surface area (Å²) < 4.78 is 5.31. The molecule has 0 unspecified atom stereocenters. The Hall–Kier alpha value is -0.730. The number of rotatable bonds is 2. The van der Waals surface area contributed by atoms with E-state index in [2.05, 4.69) is 5.32 Å². The van der Waals surface area contributed by atoms with Crippen LogP contribution in [0.15, 0.2) is 0 Å². The molecule has 1 amide bonds. The van der Waals surface area contributed by atoms with Gasteiger partial charge in [-0.3, -0.25) is 4.79 Å². The molecule has 0 saturated carbocycles. The molecule has 0 aromatic carbocycles. The van der Waals surface area contributed by atoms with Crippen LogP contribution in [0, 0.1) is 5.92 Å². The monoisotopic (exact) mass is 332 g/mol.